The molecule has 1 aliphatic heterocycles. The smallest absolute Gasteiger partial charge is 0.334 e. The van der Waals surface area contributed by atoms with E-state index < -0.39 is 37.3 Å². The summed E-state index contributed by atoms with van der Waals surface area (Å²) >= 11 is 0. The Kier molecular flexibility index (Phi) is 3.66. The molecule has 0 radical (unpaired) electrons. The Hall–Kier alpha value is -2.12. The number of carbonyl (C=O) groups is 1. The number of hydrogen-bond donors (Lipinski definition) is 0. The van der Waals surface area contributed by atoms with E-state index in [0.717, 1.165) is 0 Å². The summed E-state index contributed by atoms with van der Waals surface area (Å²) in [7, 11) is 0. The lowest BCUT2D eigenvalue weighted by Crippen LogP contribution is -2.40. The van der Waals surface area contributed by atoms with E-state index in [9.17, 15) is 18.0 Å². The Morgan fingerprint density at radius 2 is 1.59 bits per heavy atom. The van der Waals surface area contributed by atoms with Crippen LogP contribution in [0.5, 0.6) is 0 Å². The predicted octanol–water partition coefficient (Wildman–Crippen LogP) is 1.75. The molecule has 1 amide bonds. The fourth-order valence-electron chi connectivity index (χ4n) is 1.47. The first-order valence-corrected chi connectivity index (χ1v) is 4.34. The van der Waals surface area contributed by atoms with Crippen molar-refractivity contribution in [3.63, 3.8) is 0 Å². The third-order valence-electron chi connectivity index (χ3n) is 2.19. The number of nitrogens with zero attached hydrogens (tertiary/aromatic N) is 7. The first kappa shape index (κ1) is 12.9. The van der Waals surface area contributed by atoms with E-state index in [-0.39, 0.29) is 0 Å². The molecule has 11 heteroatoms. The van der Waals surface area contributed by atoms with Gasteiger partial charge in [-0.2, -0.15) is 13.2 Å². The minimum absolute atomic E-state index is 0.411. The van der Waals surface area contributed by atoms with Crippen LogP contribution in [-0.2, 0) is 4.79 Å². The van der Waals surface area contributed by atoms with E-state index in [1.165, 1.54) is 0 Å². The predicted molar refractivity (Wildman–Crippen MR) is 48.5 cm³/mol. The van der Waals surface area contributed by atoms with E-state index in [2.05, 4.69) is 20.1 Å². The number of rotatable bonds is 2. The molecule has 17 heavy (non-hydrogen) atoms. The maximum Gasteiger partial charge on any atom is 0.471 e. The molecule has 0 bridgehead atoms. The van der Waals surface area contributed by atoms with Gasteiger partial charge in [0.15, 0.2) is 0 Å². The van der Waals surface area contributed by atoms with Crippen molar-refractivity contribution >= 4 is 5.91 Å². The van der Waals surface area contributed by atoms with Crippen LogP contribution < -0.4 is 0 Å². The van der Waals surface area contributed by atoms with Crippen LogP contribution in [0.3, 0.4) is 0 Å². The first-order valence-electron chi connectivity index (χ1n) is 4.34. The number of halogens is 3. The molecule has 1 fully saturated rings. The zero-order valence-corrected chi connectivity index (χ0v) is 8.24. The molecule has 0 aromatic carbocycles. The van der Waals surface area contributed by atoms with Crippen molar-refractivity contribution in [3.8, 4) is 0 Å². The highest BCUT2D eigenvalue weighted by Crippen LogP contribution is 2.24. The molecule has 92 valence electrons. The van der Waals surface area contributed by atoms with Crippen molar-refractivity contribution in [1.29, 1.82) is 0 Å². The van der Waals surface area contributed by atoms with Crippen LogP contribution in [0.2, 0.25) is 0 Å². The van der Waals surface area contributed by atoms with Crippen LogP contribution >= 0.6 is 0 Å². The molecule has 1 aliphatic rings. The minimum Gasteiger partial charge on any atom is -0.334 e. The molecule has 0 aromatic rings. The molecule has 1 heterocycles. The fourth-order valence-corrected chi connectivity index (χ4v) is 1.47. The number of alkyl halides is 3. The summed E-state index contributed by atoms with van der Waals surface area (Å²) in [6.45, 7) is -0.821. The van der Waals surface area contributed by atoms with Crippen LogP contribution in [0, 0.1) is 0 Å². The highest BCUT2D eigenvalue weighted by Gasteiger charge is 2.46. The molecular formula is C6H6F3N7O. The third kappa shape index (κ3) is 2.92. The van der Waals surface area contributed by atoms with E-state index >= 15 is 0 Å². The van der Waals surface area contributed by atoms with Gasteiger partial charge in [0.1, 0.15) is 0 Å². The van der Waals surface area contributed by atoms with Crippen LogP contribution in [0.15, 0.2) is 10.2 Å². The number of azide groups is 2. The lowest BCUT2D eigenvalue weighted by Gasteiger charge is -2.17. The molecule has 1 rings (SSSR count). The summed E-state index contributed by atoms with van der Waals surface area (Å²) in [4.78, 5) is 16.2. The second kappa shape index (κ2) is 4.81. The van der Waals surface area contributed by atoms with E-state index in [1.54, 1.807) is 0 Å². The number of amides is 1. The van der Waals surface area contributed by atoms with Gasteiger partial charge in [0.2, 0.25) is 0 Å². The molecule has 2 unspecified atom stereocenters. The molecule has 8 nitrogen and oxygen atoms in total. The molecule has 1 saturated heterocycles. The van der Waals surface area contributed by atoms with Gasteiger partial charge < -0.3 is 4.90 Å². The topological polar surface area (TPSA) is 118 Å². The first-order chi connectivity index (χ1) is 7.90. The molecule has 0 aromatic heterocycles. The van der Waals surface area contributed by atoms with Gasteiger partial charge >= 0.3 is 12.1 Å². The SMILES string of the molecule is [N-]=[N+]=NC1CN(C(=O)C(F)(F)F)CC1N=[N+]=[N-]. The Bertz CT molecular complexity index is 382. The number of carbonyl (C=O) groups excluding carboxylic acids is 1. The summed E-state index contributed by atoms with van der Waals surface area (Å²) in [5.74, 6) is -2.04. The Morgan fingerprint density at radius 3 is 1.88 bits per heavy atom. The maximum absolute atomic E-state index is 12.1. The Labute approximate surface area is 92.2 Å². The number of likely N-dealkylation sites (tertiary alicyclic amines) is 1. The maximum atomic E-state index is 12.1. The van der Waals surface area contributed by atoms with Gasteiger partial charge in [-0.05, 0) is 11.1 Å². The van der Waals surface area contributed by atoms with Crippen LogP contribution in [0.25, 0.3) is 20.9 Å². The lowest BCUT2D eigenvalue weighted by atomic mass is 10.2. The standard InChI is InChI=1S/C6H6F3N7O/c7-6(8,9)5(17)16-1-3(12-14-10)4(2-16)13-15-11/h3-4H,1-2H2. The zero-order valence-electron chi connectivity index (χ0n) is 8.24. The highest BCUT2D eigenvalue weighted by molar-refractivity contribution is 5.82. The van der Waals surface area contributed by atoms with Gasteiger partial charge in [0.25, 0.3) is 0 Å². The summed E-state index contributed by atoms with van der Waals surface area (Å²) in [5.41, 5.74) is 16.4. The average Bonchev–Trinajstić information content (AvgIpc) is 2.60. The van der Waals surface area contributed by atoms with Gasteiger partial charge in [0.05, 0.1) is 12.1 Å². The molecule has 0 N–H and O–H groups in total. The van der Waals surface area contributed by atoms with Crippen molar-refractivity contribution in [3.05, 3.63) is 20.9 Å². The van der Waals surface area contributed by atoms with Crippen LogP contribution in [0.4, 0.5) is 13.2 Å². The van der Waals surface area contributed by atoms with Crippen molar-refractivity contribution in [2.75, 3.05) is 13.1 Å². The van der Waals surface area contributed by atoms with E-state index in [4.69, 9.17) is 11.1 Å². The fraction of sp³-hybridized carbons (Fsp3) is 0.833. The quantitative estimate of drug-likeness (QED) is 0.413. The monoisotopic (exact) mass is 249 g/mol. The van der Waals surface area contributed by atoms with Gasteiger partial charge in [-0.1, -0.05) is 10.2 Å². The molecular weight excluding hydrogens is 243 g/mol. The van der Waals surface area contributed by atoms with Crippen molar-refractivity contribution in [1.82, 2.24) is 4.90 Å². The summed E-state index contributed by atoms with van der Waals surface area (Å²) in [5, 5.41) is 6.39. The molecule has 0 saturated carbocycles. The highest BCUT2D eigenvalue weighted by atomic mass is 19.4. The van der Waals surface area contributed by atoms with Crippen molar-refractivity contribution in [2.24, 2.45) is 10.2 Å². The largest absolute Gasteiger partial charge is 0.471 e. The Balaban J connectivity index is 2.85. The van der Waals surface area contributed by atoms with Gasteiger partial charge in [-0.25, -0.2) is 0 Å². The summed E-state index contributed by atoms with van der Waals surface area (Å²) in [6.07, 6.45) is -4.99. The van der Waals surface area contributed by atoms with E-state index in [1.807, 2.05) is 0 Å². The molecule has 0 aliphatic carbocycles. The normalized spacial score (nSPS) is 23.8. The van der Waals surface area contributed by atoms with Gasteiger partial charge in [-0.3, -0.25) is 4.79 Å². The Morgan fingerprint density at radius 1 is 1.18 bits per heavy atom. The summed E-state index contributed by atoms with van der Waals surface area (Å²) in [6, 6.07) is -1.94. The number of hydrogen-bond acceptors (Lipinski definition) is 3. The van der Waals surface area contributed by atoms with Gasteiger partial charge in [-0.15, -0.1) is 0 Å². The third-order valence-corrected chi connectivity index (χ3v) is 2.19. The van der Waals surface area contributed by atoms with Crippen molar-refractivity contribution < 1.29 is 18.0 Å². The average molecular weight is 249 g/mol. The second-order valence-electron chi connectivity index (χ2n) is 3.25. The van der Waals surface area contributed by atoms with Crippen molar-refractivity contribution in [2.45, 2.75) is 18.3 Å². The van der Waals surface area contributed by atoms with Crippen LogP contribution in [-0.4, -0.2) is 42.2 Å². The second-order valence-corrected chi connectivity index (χ2v) is 3.25. The zero-order chi connectivity index (χ0) is 13.1. The van der Waals surface area contributed by atoms with Crippen LogP contribution in [0.1, 0.15) is 0 Å². The van der Waals surface area contributed by atoms with Gasteiger partial charge in [0, 0.05) is 22.9 Å². The summed E-state index contributed by atoms with van der Waals surface area (Å²) < 4.78 is 36.4. The lowest BCUT2D eigenvalue weighted by molar-refractivity contribution is -0.184. The van der Waals surface area contributed by atoms with E-state index in [0.29, 0.717) is 4.90 Å². The molecule has 2 atom stereocenters. The minimum atomic E-state index is -4.99. The molecule has 0 spiro atoms.